The van der Waals surface area contributed by atoms with Crippen LogP contribution in [0.25, 0.3) is 5.65 Å². The molecule has 1 aliphatic rings. The van der Waals surface area contributed by atoms with Crippen LogP contribution in [0.15, 0.2) is 36.9 Å². The average molecular weight is 363 g/mol. The summed E-state index contributed by atoms with van der Waals surface area (Å²) < 4.78 is 3.88. The fourth-order valence-electron chi connectivity index (χ4n) is 4.13. The molecular formula is C20H25N7. The van der Waals surface area contributed by atoms with Gasteiger partial charge in [-0.25, -0.2) is 4.52 Å². The SMILES string of the molecule is CN(Cc1cn(C)c2c(C#N)cnn12)CC1CCN(c2ccncc2)CC1. The highest BCUT2D eigenvalue weighted by molar-refractivity contribution is 5.56. The number of nitriles is 1. The molecule has 7 heteroatoms. The molecule has 1 fully saturated rings. The molecule has 0 radical (unpaired) electrons. The van der Waals surface area contributed by atoms with Crippen molar-refractivity contribution in [3.63, 3.8) is 0 Å². The zero-order valence-corrected chi connectivity index (χ0v) is 15.9. The standard InChI is InChI=1S/C20H25N7/c1-24(14-19-15-25(2)20-17(11-21)12-23-27(19)20)13-16-5-9-26(10-6-16)18-3-7-22-8-4-18/h3-4,7-8,12,15-16H,5-6,9-10,13-14H2,1-2H3. The molecule has 0 unspecified atom stereocenters. The van der Waals surface area contributed by atoms with Gasteiger partial charge < -0.3 is 14.4 Å². The van der Waals surface area contributed by atoms with Gasteiger partial charge in [-0.3, -0.25) is 4.98 Å². The minimum atomic E-state index is 0.620. The molecule has 0 aliphatic carbocycles. The van der Waals surface area contributed by atoms with E-state index in [1.54, 1.807) is 6.20 Å². The third-order valence-corrected chi connectivity index (χ3v) is 5.46. The third-order valence-electron chi connectivity index (χ3n) is 5.46. The number of anilines is 1. The maximum Gasteiger partial charge on any atom is 0.153 e. The number of hydrogen-bond donors (Lipinski definition) is 0. The summed E-state index contributed by atoms with van der Waals surface area (Å²) in [6, 6.07) is 6.39. The Hall–Kier alpha value is -2.85. The highest BCUT2D eigenvalue weighted by atomic mass is 15.3. The number of aromatic nitrogens is 4. The van der Waals surface area contributed by atoms with E-state index in [0.29, 0.717) is 11.5 Å². The minimum absolute atomic E-state index is 0.620. The summed E-state index contributed by atoms with van der Waals surface area (Å²) >= 11 is 0. The van der Waals surface area contributed by atoms with Gasteiger partial charge in [0.1, 0.15) is 11.6 Å². The summed E-state index contributed by atoms with van der Waals surface area (Å²) in [6.45, 7) is 4.10. The van der Waals surface area contributed by atoms with E-state index in [4.69, 9.17) is 0 Å². The Labute approximate surface area is 159 Å². The maximum absolute atomic E-state index is 9.23. The van der Waals surface area contributed by atoms with E-state index in [9.17, 15) is 5.26 Å². The van der Waals surface area contributed by atoms with E-state index < -0.39 is 0 Å². The monoisotopic (exact) mass is 363 g/mol. The van der Waals surface area contributed by atoms with Gasteiger partial charge in [0, 0.05) is 57.5 Å². The Morgan fingerprint density at radius 2 is 2.00 bits per heavy atom. The topological polar surface area (TPSA) is 65.4 Å². The number of rotatable bonds is 5. The van der Waals surface area contributed by atoms with Crippen LogP contribution < -0.4 is 4.90 Å². The largest absolute Gasteiger partial charge is 0.371 e. The number of aryl methyl sites for hydroxylation is 1. The van der Waals surface area contributed by atoms with Crippen molar-refractivity contribution in [2.24, 2.45) is 13.0 Å². The van der Waals surface area contributed by atoms with Crippen LogP contribution in [-0.2, 0) is 13.6 Å². The van der Waals surface area contributed by atoms with E-state index >= 15 is 0 Å². The van der Waals surface area contributed by atoms with Gasteiger partial charge in [0.25, 0.3) is 0 Å². The van der Waals surface area contributed by atoms with Crippen molar-refractivity contribution in [3.05, 3.63) is 48.2 Å². The average Bonchev–Trinajstić information content (AvgIpc) is 3.25. The summed E-state index contributed by atoms with van der Waals surface area (Å²) in [5.74, 6) is 0.708. The molecule has 0 aromatic carbocycles. The molecule has 4 rings (SSSR count). The van der Waals surface area contributed by atoms with Crippen molar-refractivity contribution < 1.29 is 0 Å². The van der Waals surface area contributed by atoms with E-state index in [2.05, 4.69) is 51.3 Å². The van der Waals surface area contributed by atoms with Gasteiger partial charge in [0.2, 0.25) is 0 Å². The number of piperidine rings is 1. The molecule has 3 aromatic heterocycles. The molecule has 0 spiro atoms. The van der Waals surface area contributed by atoms with Gasteiger partial charge in [-0.15, -0.1) is 0 Å². The van der Waals surface area contributed by atoms with Crippen LogP contribution in [0.5, 0.6) is 0 Å². The first-order chi connectivity index (χ1) is 13.2. The highest BCUT2D eigenvalue weighted by Crippen LogP contribution is 2.24. The fourth-order valence-corrected chi connectivity index (χ4v) is 4.13. The number of fused-ring (bicyclic) bond motifs is 1. The Balaban J connectivity index is 1.35. The molecule has 4 heterocycles. The molecule has 0 bridgehead atoms. The first-order valence-corrected chi connectivity index (χ1v) is 9.41. The number of imidazole rings is 1. The van der Waals surface area contributed by atoms with Crippen LogP contribution in [0, 0.1) is 17.2 Å². The highest BCUT2D eigenvalue weighted by Gasteiger charge is 2.21. The van der Waals surface area contributed by atoms with Crippen molar-refractivity contribution in [2.75, 3.05) is 31.6 Å². The zero-order valence-electron chi connectivity index (χ0n) is 15.9. The quantitative estimate of drug-likeness (QED) is 0.696. The lowest BCUT2D eigenvalue weighted by molar-refractivity contribution is 0.239. The van der Waals surface area contributed by atoms with Gasteiger partial charge in [-0.2, -0.15) is 10.4 Å². The summed E-state index contributed by atoms with van der Waals surface area (Å²) in [5, 5.41) is 13.6. The number of nitrogens with zero attached hydrogens (tertiary/aromatic N) is 7. The molecule has 7 nitrogen and oxygen atoms in total. The normalized spacial score (nSPS) is 15.6. The van der Waals surface area contributed by atoms with E-state index in [1.807, 2.05) is 28.5 Å². The third kappa shape index (κ3) is 3.53. The second-order valence-electron chi connectivity index (χ2n) is 7.47. The predicted octanol–water partition coefficient (Wildman–Crippen LogP) is 2.29. The number of pyridine rings is 1. The molecule has 27 heavy (non-hydrogen) atoms. The van der Waals surface area contributed by atoms with E-state index in [0.717, 1.165) is 37.5 Å². The summed E-state index contributed by atoms with van der Waals surface area (Å²) in [7, 11) is 4.14. The van der Waals surface area contributed by atoms with Crippen molar-refractivity contribution >= 4 is 11.3 Å². The van der Waals surface area contributed by atoms with Crippen LogP contribution in [0.3, 0.4) is 0 Å². The summed E-state index contributed by atoms with van der Waals surface area (Å²) in [5.41, 5.74) is 3.88. The van der Waals surface area contributed by atoms with E-state index in [-0.39, 0.29) is 0 Å². The summed E-state index contributed by atoms with van der Waals surface area (Å²) in [4.78, 5) is 8.93. The van der Waals surface area contributed by atoms with Gasteiger partial charge >= 0.3 is 0 Å². The molecule has 0 amide bonds. The van der Waals surface area contributed by atoms with Crippen LogP contribution >= 0.6 is 0 Å². The maximum atomic E-state index is 9.23. The Morgan fingerprint density at radius 1 is 1.26 bits per heavy atom. The number of hydrogen-bond acceptors (Lipinski definition) is 5. The summed E-state index contributed by atoms with van der Waals surface area (Å²) in [6.07, 6.45) is 9.86. The lowest BCUT2D eigenvalue weighted by Gasteiger charge is -2.35. The van der Waals surface area contributed by atoms with Crippen molar-refractivity contribution in [1.29, 1.82) is 5.26 Å². The van der Waals surface area contributed by atoms with Crippen LogP contribution in [-0.4, -0.2) is 50.7 Å². The minimum Gasteiger partial charge on any atom is -0.371 e. The second kappa shape index (κ2) is 7.41. The smallest absolute Gasteiger partial charge is 0.153 e. The van der Waals surface area contributed by atoms with E-state index in [1.165, 1.54) is 18.5 Å². The van der Waals surface area contributed by atoms with Crippen molar-refractivity contribution in [2.45, 2.75) is 19.4 Å². The lowest BCUT2D eigenvalue weighted by Crippen LogP contribution is -2.37. The molecule has 140 valence electrons. The lowest BCUT2D eigenvalue weighted by atomic mass is 9.96. The van der Waals surface area contributed by atoms with Gasteiger partial charge in [0.15, 0.2) is 5.65 Å². The Bertz CT molecular complexity index is 942. The second-order valence-corrected chi connectivity index (χ2v) is 7.47. The Morgan fingerprint density at radius 3 is 2.70 bits per heavy atom. The molecule has 1 saturated heterocycles. The van der Waals surface area contributed by atoms with Crippen molar-refractivity contribution in [1.82, 2.24) is 24.1 Å². The van der Waals surface area contributed by atoms with Gasteiger partial charge in [0.05, 0.1) is 11.9 Å². The zero-order chi connectivity index (χ0) is 18.8. The fraction of sp³-hybridized carbons (Fsp3) is 0.450. The molecule has 0 saturated carbocycles. The first-order valence-electron chi connectivity index (χ1n) is 9.41. The molecular weight excluding hydrogens is 338 g/mol. The molecule has 0 atom stereocenters. The van der Waals surface area contributed by atoms with Crippen LogP contribution in [0.2, 0.25) is 0 Å². The molecule has 0 N–H and O–H groups in total. The van der Waals surface area contributed by atoms with Gasteiger partial charge in [-0.1, -0.05) is 0 Å². The van der Waals surface area contributed by atoms with Crippen LogP contribution in [0.4, 0.5) is 5.69 Å². The van der Waals surface area contributed by atoms with Gasteiger partial charge in [-0.05, 0) is 37.9 Å². The predicted molar refractivity (Wildman–Crippen MR) is 104 cm³/mol. The van der Waals surface area contributed by atoms with Crippen molar-refractivity contribution in [3.8, 4) is 6.07 Å². The molecule has 3 aromatic rings. The Kier molecular flexibility index (Phi) is 4.82. The van der Waals surface area contributed by atoms with Crippen LogP contribution in [0.1, 0.15) is 24.1 Å². The molecule has 1 aliphatic heterocycles. The first kappa shape index (κ1) is 17.6.